The monoisotopic (exact) mass is 328 g/mol. The Morgan fingerprint density at radius 2 is 2.00 bits per heavy atom. The first-order valence-corrected chi connectivity index (χ1v) is 6.97. The van der Waals surface area contributed by atoms with Crippen molar-refractivity contribution in [2.45, 2.75) is 12.8 Å². The number of carbonyl (C=O) groups is 1. The second-order valence-electron chi connectivity index (χ2n) is 5.00. The van der Waals surface area contributed by atoms with Crippen LogP contribution in [0.15, 0.2) is 46.9 Å². The average Bonchev–Trinajstić information content (AvgIpc) is 3.21. The summed E-state index contributed by atoms with van der Waals surface area (Å²) >= 11 is 0. The van der Waals surface area contributed by atoms with Gasteiger partial charge < -0.3 is 9.52 Å². The van der Waals surface area contributed by atoms with Crippen molar-refractivity contribution in [1.29, 1.82) is 0 Å². The predicted molar refractivity (Wildman–Crippen MR) is 81.8 cm³/mol. The summed E-state index contributed by atoms with van der Waals surface area (Å²) in [7, 11) is 0. The topological polar surface area (TPSA) is 124 Å². The van der Waals surface area contributed by atoms with Gasteiger partial charge in [-0.1, -0.05) is 18.2 Å². The molecule has 24 heavy (non-hydrogen) atoms. The minimum Gasteiger partial charge on any atom is -0.481 e. The minimum absolute atomic E-state index is 0.0788. The third-order valence-electron chi connectivity index (χ3n) is 3.38. The van der Waals surface area contributed by atoms with E-state index < -0.39 is 22.7 Å². The first-order chi connectivity index (χ1) is 11.5. The summed E-state index contributed by atoms with van der Waals surface area (Å²) in [6.45, 7) is 1.49. The predicted octanol–water partition coefficient (Wildman–Crippen LogP) is 2.62. The maximum Gasteiger partial charge on any atom is 0.433 e. The molecule has 0 spiro atoms. The van der Waals surface area contributed by atoms with Crippen LogP contribution in [0, 0.1) is 10.1 Å². The van der Waals surface area contributed by atoms with Crippen molar-refractivity contribution in [2.75, 3.05) is 0 Å². The molecule has 9 heteroatoms. The lowest BCUT2D eigenvalue weighted by Gasteiger charge is -2.08. The Morgan fingerprint density at radius 3 is 2.58 bits per heavy atom. The molecule has 0 bridgehead atoms. The molecule has 2 aromatic heterocycles. The maximum absolute atomic E-state index is 11.3. The van der Waals surface area contributed by atoms with Gasteiger partial charge in [-0.25, -0.2) is 9.67 Å². The fourth-order valence-corrected chi connectivity index (χ4v) is 2.12. The Bertz CT molecular complexity index is 900. The molecule has 0 aliphatic heterocycles. The van der Waals surface area contributed by atoms with E-state index >= 15 is 0 Å². The van der Waals surface area contributed by atoms with Crippen LogP contribution < -0.4 is 0 Å². The maximum atomic E-state index is 11.3. The Balaban J connectivity index is 2.12. The number of nitrogens with zero attached hydrogens (tertiary/aromatic N) is 4. The van der Waals surface area contributed by atoms with Gasteiger partial charge in [-0.05, 0) is 25.1 Å². The summed E-state index contributed by atoms with van der Waals surface area (Å²) in [6.07, 6.45) is 0. The molecule has 0 saturated heterocycles. The van der Waals surface area contributed by atoms with Gasteiger partial charge in [0.1, 0.15) is 16.7 Å². The summed E-state index contributed by atoms with van der Waals surface area (Å²) < 4.78 is 6.48. The fraction of sp³-hybridized carbons (Fsp3) is 0.133. The van der Waals surface area contributed by atoms with Crippen LogP contribution in [0.4, 0.5) is 5.88 Å². The van der Waals surface area contributed by atoms with E-state index in [-0.39, 0.29) is 17.4 Å². The zero-order chi connectivity index (χ0) is 17.3. The number of carboxylic acid groups (broad SMARTS) is 1. The first-order valence-electron chi connectivity index (χ1n) is 6.97. The molecule has 3 aromatic rings. The number of carboxylic acids is 1. The minimum atomic E-state index is -1.06. The Kier molecular flexibility index (Phi) is 3.82. The van der Waals surface area contributed by atoms with Crippen molar-refractivity contribution in [2.24, 2.45) is 0 Å². The van der Waals surface area contributed by atoms with Crippen LogP contribution in [0.3, 0.4) is 0 Å². The normalized spacial score (nSPS) is 12.0. The smallest absolute Gasteiger partial charge is 0.433 e. The number of rotatable bonds is 5. The Labute approximate surface area is 135 Å². The molecular formula is C15H12N4O5. The van der Waals surface area contributed by atoms with Gasteiger partial charge in [0.15, 0.2) is 5.76 Å². The van der Waals surface area contributed by atoms with Gasteiger partial charge in [0, 0.05) is 0 Å². The van der Waals surface area contributed by atoms with Crippen molar-refractivity contribution >= 4 is 11.9 Å². The molecule has 0 radical (unpaired) electrons. The molecule has 1 N–H and O–H groups in total. The van der Waals surface area contributed by atoms with Crippen molar-refractivity contribution in [3.05, 3.63) is 58.4 Å². The van der Waals surface area contributed by atoms with Crippen molar-refractivity contribution in [3.8, 4) is 17.3 Å². The van der Waals surface area contributed by atoms with Gasteiger partial charge in [0.2, 0.25) is 5.82 Å². The van der Waals surface area contributed by atoms with E-state index in [1.54, 1.807) is 24.3 Å². The zero-order valence-electron chi connectivity index (χ0n) is 12.5. The van der Waals surface area contributed by atoms with Crippen LogP contribution in [-0.4, -0.2) is 30.8 Å². The van der Waals surface area contributed by atoms with Gasteiger partial charge in [0.25, 0.3) is 0 Å². The summed E-state index contributed by atoms with van der Waals surface area (Å²) in [4.78, 5) is 25.6. The highest BCUT2D eigenvalue weighted by Gasteiger charge is 2.25. The van der Waals surface area contributed by atoms with Crippen LogP contribution in [0.1, 0.15) is 18.7 Å². The molecule has 0 fully saturated rings. The van der Waals surface area contributed by atoms with E-state index in [1.165, 1.54) is 23.7 Å². The van der Waals surface area contributed by atoms with Crippen molar-refractivity contribution < 1.29 is 19.2 Å². The molecular weight excluding hydrogens is 316 g/mol. The molecule has 0 saturated carbocycles. The van der Waals surface area contributed by atoms with Gasteiger partial charge in [-0.2, -0.15) is 0 Å². The van der Waals surface area contributed by atoms with Gasteiger partial charge in [-0.15, -0.1) is 5.10 Å². The summed E-state index contributed by atoms with van der Waals surface area (Å²) in [5.74, 6) is -2.05. The van der Waals surface area contributed by atoms with Gasteiger partial charge in [-0.3, -0.25) is 14.9 Å². The molecule has 3 rings (SSSR count). The quantitative estimate of drug-likeness (QED) is 0.563. The second kappa shape index (κ2) is 5.95. The molecule has 1 aromatic carbocycles. The second-order valence-corrected chi connectivity index (χ2v) is 5.00. The zero-order valence-corrected chi connectivity index (χ0v) is 12.5. The van der Waals surface area contributed by atoms with Crippen LogP contribution >= 0.6 is 0 Å². The number of hydrogen-bond donors (Lipinski definition) is 1. The fourth-order valence-electron chi connectivity index (χ4n) is 2.12. The molecule has 1 atom stereocenters. The van der Waals surface area contributed by atoms with Crippen molar-refractivity contribution in [3.63, 3.8) is 0 Å². The molecule has 1 unspecified atom stereocenters. The van der Waals surface area contributed by atoms with E-state index in [4.69, 9.17) is 4.42 Å². The number of aliphatic carboxylic acids is 1. The Morgan fingerprint density at radius 1 is 1.29 bits per heavy atom. The number of aromatic nitrogens is 3. The van der Waals surface area contributed by atoms with E-state index in [2.05, 4.69) is 10.1 Å². The highest BCUT2D eigenvalue weighted by Crippen LogP contribution is 2.26. The first kappa shape index (κ1) is 15.4. The lowest BCUT2D eigenvalue weighted by atomic mass is 10.1. The average molecular weight is 328 g/mol. The number of furan rings is 1. The van der Waals surface area contributed by atoms with E-state index in [0.717, 1.165) is 0 Å². The molecule has 9 nitrogen and oxygen atoms in total. The number of benzene rings is 1. The number of para-hydroxylation sites is 1. The van der Waals surface area contributed by atoms with Gasteiger partial charge >= 0.3 is 11.9 Å². The van der Waals surface area contributed by atoms with E-state index in [0.29, 0.717) is 5.69 Å². The SMILES string of the molecule is CC(C(=O)O)c1nc(-c2ccc([N+](=O)[O-])o2)nn1-c1ccccc1. The summed E-state index contributed by atoms with van der Waals surface area (Å²) in [5, 5.41) is 24.2. The van der Waals surface area contributed by atoms with Crippen LogP contribution in [0.2, 0.25) is 0 Å². The van der Waals surface area contributed by atoms with Crippen LogP contribution in [0.5, 0.6) is 0 Å². The Hall–Kier alpha value is -3.49. The molecule has 2 heterocycles. The van der Waals surface area contributed by atoms with Crippen LogP contribution in [0.25, 0.3) is 17.3 Å². The lowest BCUT2D eigenvalue weighted by molar-refractivity contribution is -0.401. The van der Waals surface area contributed by atoms with Crippen LogP contribution in [-0.2, 0) is 4.79 Å². The third-order valence-corrected chi connectivity index (χ3v) is 3.38. The summed E-state index contributed by atoms with van der Waals surface area (Å²) in [5.41, 5.74) is 0.625. The molecule has 0 amide bonds. The van der Waals surface area contributed by atoms with E-state index in [9.17, 15) is 20.0 Å². The lowest BCUT2D eigenvalue weighted by Crippen LogP contribution is -2.14. The standard InChI is InChI=1S/C15H12N4O5/c1-9(15(20)21)14-16-13(11-7-8-12(24-11)19(22)23)17-18(14)10-5-3-2-4-6-10/h2-9H,1H3,(H,20,21). The molecule has 122 valence electrons. The highest BCUT2D eigenvalue weighted by atomic mass is 16.6. The highest BCUT2D eigenvalue weighted by molar-refractivity contribution is 5.74. The summed E-state index contributed by atoms with van der Waals surface area (Å²) in [6, 6.07) is 11.4. The molecule has 0 aliphatic rings. The third kappa shape index (κ3) is 2.74. The largest absolute Gasteiger partial charge is 0.481 e. The number of nitro groups is 1. The van der Waals surface area contributed by atoms with Gasteiger partial charge in [0.05, 0.1) is 11.8 Å². The number of hydrogen-bond acceptors (Lipinski definition) is 6. The molecule has 0 aliphatic carbocycles. The van der Waals surface area contributed by atoms with E-state index in [1.807, 2.05) is 6.07 Å². The van der Waals surface area contributed by atoms with Crippen molar-refractivity contribution in [1.82, 2.24) is 14.8 Å².